The first kappa shape index (κ1) is 10.8. The lowest BCUT2D eigenvalue weighted by Gasteiger charge is -2.08. The molecule has 0 saturated carbocycles. The molecule has 1 aromatic carbocycles. The zero-order valence-electron chi connectivity index (χ0n) is 8.05. The molecule has 0 fully saturated rings. The van der Waals surface area contributed by atoms with Crippen LogP contribution in [0.2, 0.25) is 0 Å². The Morgan fingerprint density at radius 1 is 1.60 bits per heavy atom. The lowest BCUT2D eigenvalue weighted by molar-refractivity contribution is 0.354. The summed E-state index contributed by atoms with van der Waals surface area (Å²) in [6.07, 6.45) is 0.965. The molecule has 1 aliphatic rings. The van der Waals surface area contributed by atoms with E-state index in [0.29, 0.717) is 5.75 Å². The molecule has 0 spiro atoms. The van der Waals surface area contributed by atoms with Crippen molar-refractivity contribution in [2.45, 2.75) is 12.2 Å². The third-order valence-corrected chi connectivity index (χ3v) is 3.43. The monoisotopic (exact) mass is 286 g/mol. The van der Waals surface area contributed by atoms with Crippen LogP contribution in [-0.4, -0.2) is 11.8 Å². The summed E-state index contributed by atoms with van der Waals surface area (Å²) in [5, 5.41) is 7.32. The van der Waals surface area contributed by atoms with Crippen LogP contribution < -0.4 is 10.5 Å². The number of nitrogens with two attached hydrogens (primary N) is 1. The standard InChI is InChI=1S/C10H11BrN2OS/c11-8-3-6-1-2-14-9(6)7(4-8)5-15-10(12)13/h3-4H,1-2,5H2,(H3,12,13). The van der Waals surface area contributed by atoms with Gasteiger partial charge < -0.3 is 10.5 Å². The van der Waals surface area contributed by atoms with Crippen molar-refractivity contribution in [3.05, 3.63) is 27.7 Å². The molecule has 0 bridgehead atoms. The zero-order chi connectivity index (χ0) is 10.8. The van der Waals surface area contributed by atoms with Crippen LogP contribution in [0.1, 0.15) is 11.1 Å². The molecule has 0 unspecified atom stereocenters. The average molecular weight is 287 g/mol. The Kier molecular flexibility index (Phi) is 3.21. The van der Waals surface area contributed by atoms with Crippen molar-refractivity contribution in [2.24, 2.45) is 5.73 Å². The van der Waals surface area contributed by atoms with E-state index in [1.54, 1.807) is 0 Å². The first-order valence-corrected chi connectivity index (χ1v) is 6.35. The summed E-state index contributed by atoms with van der Waals surface area (Å²) >= 11 is 4.79. The van der Waals surface area contributed by atoms with Gasteiger partial charge in [-0.1, -0.05) is 27.7 Å². The molecule has 0 aliphatic carbocycles. The van der Waals surface area contributed by atoms with E-state index in [1.807, 2.05) is 6.07 Å². The van der Waals surface area contributed by atoms with E-state index < -0.39 is 0 Å². The molecule has 0 amide bonds. The molecule has 0 atom stereocenters. The molecule has 80 valence electrons. The third kappa shape index (κ3) is 2.46. The maximum absolute atomic E-state index is 7.18. The van der Waals surface area contributed by atoms with E-state index in [4.69, 9.17) is 15.9 Å². The van der Waals surface area contributed by atoms with Crippen molar-refractivity contribution in [3.63, 3.8) is 0 Å². The number of amidine groups is 1. The van der Waals surface area contributed by atoms with Crippen LogP contribution in [0.3, 0.4) is 0 Å². The highest BCUT2D eigenvalue weighted by Gasteiger charge is 2.17. The van der Waals surface area contributed by atoms with Crippen LogP contribution in [0, 0.1) is 5.41 Å². The molecule has 15 heavy (non-hydrogen) atoms. The summed E-state index contributed by atoms with van der Waals surface area (Å²) in [7, 11) is 0. The molecule has 0 radical (unpaired) electrons. The molecular formula is C10H11BrN2OS. The predicted molar refractivity (Wildman–Crippen MR) is 66.6 cm³/mol. The van der Waals surface area contributed by atoms with Gasteiger partial charge in [0.05, 0.1) is 6.61 Å². The third-order valence-electron chi connectivity index (χ3n) is 2.21. The molecule has 1 aromatic rings. The van der Waals surface area contributed by atoms with Crippen molar-refractivity contribution in [2.75, 3.05) is 6.61 Å². The highest BCUT2D eigenvalue weighted by Crippen LogP contribution is 2.34. The second-order valence-electron chi connectivity index (χ2n) is 3.30. The van der Waals surface area contributed by atoms with E-state index >= 15 is 0 Å². The van der Waals surface area contributed by atoms with Crippen LogP contribution in [0.4, 0.5) is 0 Å². The van der Waals surface area contributed by atoms with Gasteiger partial charge in [-0.15, -0.1) is 0 Å². The minimum atomic E-state index is 0.140. The first-order chi connectivity index (χ1) is 7.16. The van der Waals surface area contributed by atoms with E-state index in [9.17, 15) is 0 Å². The summed E-state index contributed by atoms with van der Waals surface area (Å²) in [5.74, 6) is 1.67. The number of benzene rings is 1. The lowest BCUT2D eigenvalue weighted by Crippen LogP contribution is -2.04. The van der Waals surface area contributed by atoms with Crippen molar-refractivity contribution in [3.8, 4) is 5.75 Å². The highest BCUT2D eigenvalue weighted by molar-refractivity contribution is 9.10. The zero-order valence-corrected chi connectivity index (χ0v) is 10.5. The number of thioether (sulfide) groups is 1. The Hall–Kier alpha value is -0.680. The van der Waals surface area contributed by atoms with Gasteiger partial charge in [-0.25, -0.2) is 0 Å². The van der Waals surface area contributed by atoms with Gasteiger partial charge in [0.1, 0.15) is 5.75 Å². The first-order valence-electron chi connectivity index (χ1n) is 4.58. The summed E-state index contributed by atoms with van der Waals surface area (Å²) in [5.41, 5.74) is 7.67. The van der Waals surface area contributed by atoms with E-state index in [0.717, 1.165) is 28.8 Å². The molecular weight excluding hydrogens is 276 g/mol. The van der Waals surface area contributed by atoms with Gasteiger partial charge in [-0.05, 0) is 17.7 Å². The van der Waals surface area contributed by atoms with Crippen molar-refractivity contribution < 1.29 is 4.74 Å². The van der Waals surface area contributed by atoms with Gasteiger partial charge in [0.15, 0.2) is 5.17 Å². The number of rotatable bonds is 2. The lowest BCUT2D eigenvalue weighted by atomic mass is 10.1. The van der Waals surface area contributed by atoms with Gasteiger partial charge in [0, 0.05) is 22.2 Å². The Morgan fingerprint density at radius 2 is 2.40 bits per heavy atom. The fraction of sp³-hybridized carbons (Fsp3) is 0.300. The molecule has 0 saturated heterocycles. The molecule has 3 nitrogen and oxygen atoms in total. The number of ether oxygens (including phenoxy) is 1. The minimum Gasteiger partial charge on any atom is -0.493 e. The van der Waals surface area contributed by atoms with Crippen LogP contribution >= 0.6 is 27.7 Å². The van der Waals surface area contributed by atoms with Crippen LogP contribution in [0.25, 0.3) is 0 Å². The fourth-order valence-electron chi connectivity index (χ4n) is 1.61. The second kappa shape index (κ2) is 4.45. The quantitative estimate of drug-likeness (QED) is 0.649. The average Bonchev–Trinajstić information content (AvgIpc) is 2.61. The maximum Gasteiger partial charge on any atom is 0.151 e. The summed E-state index contributed by atoms with van der Waals surface area (Å²) in [6, 6.07) is 4.12. The number of hydrogen-bond donors (Lipinski definition) is 2. The Morgan fingerprint density at radius 3 is 3.13 bits per heavy atom. The number of nitrogens with one attached hydrogen (secondary N) is 1. The summed E-state index contributed by atoms with van der Waals surface area (Å²) in [6.45, 7) is 0.753. The molecule has 5 heteroatoms. The topological polar surface area (TPSA) is 59.1 Å². The Labute approximate surface area is 101 Å². The molecule has 0 aromatic heterocycles. The normalized spacial score (nSPS) is 13.4. The van der Waals surface area contributed by atoms with Gasteiger partial charge in [-0.2, -0.15) is 0 Å². The van der Waals surface area contributed by atoms with Gasteiger partial charge >= 0.3 is 0 Å². The Bertz CT molecular complexity index is 409. The summed E-state index contributed by atoms with van der Waals surface area (Å²) < 4.78 is 6.63. The summed E-state index contributed by atoms with van der Waals surface area (Å²) in [4.78, 5) is 0. The molecule has 3 N–H and O–H groups in total. The van der Waals surface area contributed by atoms with Gasteiger partial charge in [-0.3, -0.25) is 5.41 Å². The van der Waals surface area contributed by atoms with E-state index in [2.05, 4.69) is 22.0 Å². The SMILES string of the molecule is N=C(N)SCc1cc(Br)cc2c1OCC2. The van der Waals surface area contributed by atoms with Crippen molar-refractivity contribution in [1.82, 2.24) is 0 Å². The van der Waals surface area contributed by atoms with Gasteiger partial charge in [0.2, 0.25) is 0 Å². The molecule has 1 aliphatic heterocycles. The van der Waals surface area contributed by atoms with Crippen molar-refractivity contribution >= 4 is 32.9 Å². The smallest absolute Gasteiger partial charge is 0.151 e. The second-order valence-corrected chi connectivity index (χ2v) is 5.24. The van der Waals surface area contributed by atoms with Crippen molar-refractivity contribution in [1.29, 1.82) is 5.41 Å². The fourth-order valence-corrected chi connectivity index (χ4v) is 2.69. The van der Waals surface area contributed by atoms with Crippen LogP contribution in [0.5, 0.6) is 5.75 Å². The largest absolute Gasteiger partial charge is 0.493 e. The number of halogens is 1. The van der Waals surface area contributed by atoms with Gasteiger partial charge in [0.25, 0.3) is 0 Å². The van der Waals surface area contributed by atoms with E-state index in [1.165, 1.54) is 17.3 Å². The minimum absolute atomic E-state index is 0.140. The van der Waals surface area contributed by atoms with Crippen LogP contribution in [-0.2, 0) is 12.2 Å². The Balaban J connectivity index is 2.26. The number of hydrogen-bond acceptors (Lipinski definition) is 3. The van der Waals surface area contributed by atoms with E-state index in [-0.39, 0.29) is 5.17 Å². The highest BCUT2D eigenvalue weighted by atomic mass is 79.9. The molecule has 2 rings (SSSR count). The maximum atomic E-state index is 7.18. The number of fused-ring (bicyclic) bond motifs is 1. The predicted octanol–water partition coefficient (Wildman–Crippen LogP) is 2.51. The molecule has 1 heterocycles. The van der Waals surface area contributed by atoms with Crippen LogP contribution in [0.15, 0.2) is 16.6 Å².